The Morgan fingerprint density at radius 3 is 2.45 bits per heavy atom. The molecule has 7 heteroatoms. The van der Waals surface area contributed by atoms with Crippen molar-refractivity contribution in [3.8, 4) is 17.1 Å². The molecule has 0 spiro atoms. The van der Waals surface area contributed by atoms with Gasteiger partial charge in [0.25, 0.3) is 0 Å². The highest BCUT2D eigenvalue weighted by Gasteiger charge is 2.25. The summed E-state index contributed by atoms with van der Waals surface area (Å²) in [5.74, 6) is 2.96. The number of ether oxygens (including phenoxy) is 1. The zero-order chi connectivity index (χ0) is 21.0. The van der Waals surface area contributed by atoms with Gasteiger partial charge in [-0.15, -0.1) is 10.2 Å². The molecule has 6 nitrogen and oxygen atoms in total. The first-order valence-corrected chi connectivity index (χ1v) is 11.4. The summed E-state index contributed by atoms with van der Waals surface area (Å²) in [7, 11) is 3.60. The van der Waals surface area contributed by atoms with Gasteiger partial charge in [-0.05, 0) is 69.7 Å². The van der Waals surface area contributed by atoms with Crippen LogP contribution in [0.5, 0.6) is 5.75 Å². The van der Waals surface area contributed by atoms with Gasteiger partial charge in [-0.1, -0.05) is 18.7 Å². The standard InChI is InChI=1S/C22H32N4O2S/c1-15(2)26-21(17-8-12-19(28-5)13-9-17)23-24-22(26)29-14-20(27)25(4)18-10-6-16(3)7-11-18/h8-9,12-13,15-16,18H,6-7,10-11,14H2,1-5H3. The minimum absolute atomic E-state index is 0.166. The van der Waals surface area contributed by atoms with Gasteiger partial charge in [0, 0.05) is 24.7 Å². The fraction of sp³-hybridized carbons (Fsp3) is 0.591. The zero-order valence-corrected chi connectivity index (χ0v) is 18.9. The van der Waals surface area contributed by atoms with Gasteiger partial charge in [0.05, 0.1) is 12.9 Å². The fourth-order valence-electron chi connectivity index (χ4n) is 3.84. The Morgan fingerprint density at radius 2 is 1.86 bits per heavy atom. The largest absolute Gasteiger partial charge is 0.497 e. The number of hydrogen-bond acceptors (Lipinski definition) is 5. The number of carbonyl (C=O) groups excluding carboxylic acids is 1. The Bertz CT molecular complexity index is 811. The number of thioether (sulfide) groups is 1. The molecule has 29 heavy (non-hydrogen) atoms. The third-order valence-corrected chi connectivity index (χ3v) is 6.71. The summed E-state index contributed by atoms with van der Waals surface area (Å²) in [6.07, 6.45) is 4.64. The summed E-state index contributed by atoms with van der Waals surface area (Å²) in [6, 6.07) is 8.38. The molecule has 1 aliphatic rings. The smallest absolute Gasteiger partial charge is 0.233 e. The molecule has 1 aliphatic carbocycles. The molecule has 2 aromatic rings. The number of rotatable bonds is 7. The van der Waals surface area contributed by atoms with Gasteiger partial charge in [0.2, 0.25) is 5.91 Å². The lowest BCUT2D eigenvalue weighted by atomic mass is 9.87. The average molecular weight is 417 g/mol. The third kappa shape index (κ3) is 5.13. The molecule has 1 aromatic carbocycles. The van der Waals surface area contributed by atoms with E-state index in [1.54, 1.807) is 7.11 Å². The van der Waals surface area contributed by atoms with E-state index in [2.05, 4.69) is 35.5 Å². The van der Waals surface area contributed by atoms with Crippen LogP contribution in [0, 0.1) is 5.92 Å². The molecule has 0 unspecified atom stereocenters. The van der Waals surface area contributed by atoms with Crippen molar-refractivity contribution in [3.05, 3.63) is 24.3 Å². The van der Waals surface area contributed by atoms with Gasteiger partial charge in [0.15, 0.2) is 11.0 Å². The number of nitrogens with zero attached hydrogens (tertiary/aromatic N) is 4. The number of amides is 1. The highest BCUT2D eigenvalue weighted by atomic mass is 32.2. The average Bonchev–Trinajstić information content (AvgIpc) is 3.16. The normalized spacial score (nSPS) is 19.4. The lowest BCUT2D eigenvalue weighted by Crippen LogP contribution is -2.40. The van der Waals surface area contributed by atoms with Crippen molar-refractivity contribution in [2.45, 2.75) is 63.7 Å². The maximum Gasteiger partial charge on any atom is 0.233 e. The van der Waals surface area contributed by atoms with E-state index in [4.69, 9.17) is 4.74 Å². The Morgan fingerprint density at radius 1 is 1.21 bits per heavy atom. The van der Waals surface area contributed by atoms with Crippen molar-refractivity contribution >= 4 is 17.7 Å². The number of aromatic nitrogens is 3. The monoisotopic (exact) mass is 416 g/mol. The van der Waals surface area contributed by atoms with E-state index in [-0.39, 0.29) is 11.9 Å². The SMILES string of the molecule is COc1ccc(-c2nnc(SCC(=O)N(C)C3CCC(C)CC3)n2C(C)C)cc1. The van der Waals surface area contributed by atoms with Crippen LogP contribution in [0.3, 0.4) is 0 Å². The first-order chi connectivity index (χ1) is 13.9. The molecule has 158 valence electrons. The number of carbonyl (C=O) groups is 1. The predicted octanol–water partition coefficient (Wildman–Crippen LogP) is 4.66. The molecule has 1 aromatic heterocycles. The van der Waals surface area contributed by atoms with Gasteiger partial charge in [-0.2, -0.15) is 0 Å². The molecule has 1 heterocycles. The predicted molar refractivity (Wildman–Crippen MR) is 117 cm³/mol. The van der Waals surface area contributed by atoms with Crippen molar-refractivity contribution in [2.24, 2.45) is 5.92 Å². The minimum atomic E-state index is 0.166. The molecular weight excluding hydrogens is 384 g/mol. The zero-order valence-electron chi connectivity index (χ0n) is 18.1. The second kappa shape index (κ2) is 9.65. The maximum atomic E-state index is 12.8. The molecule has 3 rings (SSSR count). The van der Waals surface area contributed by atoms with Crippen molar-refractivity contribution < 1.29 is 9.53 Å². The van der Waals surface area contributed by atoms with Crippen LogP contribution in [0.1, 0.15) is 52.5 Å². The Balaban J connectivity index is 1.69. The lowest BCUT2D eigenvalue weighted by Gasteiger charge is -2.33. The van der Waals surface area contributed by atoms with E-state index in [0.717, 1.165) is 41.1 Å². The summed E-state index contributed by atoms with van der Waals surface area (Å²) in [5, 5.41) is 9.58. The van der Waals surface area contributed by atoms with Crippen LogP contribution in [-0.4, -0.2) is 51.5 Å². The molecule has 0 aliphatic heterocycles. The van der Waals surface area contributed by atoms with Crippen LogP contribution in [0.4, 0.5) is 0 Å². The van der Waals surface area contributed by atoms with E-state index in [9.17, 15) is 4.79 Å². The van der Waals surface area contributed by atoms with Crippen molar-refractivity contribution in [3.63, 3.8) is 0 Å². The third-order valence-electron chi connectivity index (χ3n) is 5.78. The lowest BCUT2D eigenvalue weighted by molar-refractivity contribution is -0.129. The number of methoxy groups -OCH3 is 1. The summed E-state index contributed by atoms with van der Waals surface area (Å²) >= 11 is 1.47. The van der Waals surface area contributed by atoms with Gasteiger partial charge >= 0.3 is 0 Å². The summed E-state index contributed by atoms with van der Waals surface area (Å²) < 4.78 is 7.34. The summed E-state index contributed by atoms with van der Waals surface area (Å²) in [4.78, 5) is 14.7. The molecule has 0 saturated heterocycles. The first-order valence-electron chi connectivity index (χ1n) is 10.4. The Kier molecular flexibility index (Phi) is 7.22. The molecule has 0 radical (unpaired) electrons. The van der Waals surface area contributed by atoms with Crippen molar-refractivity contribution in [2.75, 3.05) is 19.9 Å². The summed E-state index contributed by atoms with van der Waals surface area (Å²) in [6.45, 7) is 6.52. The van der Waals surface area contributed by atoms with E-state index in [1.165, 1.54) is 24.6 Å². The molecule has 0 atom stereocenters. The van der Waals surface area contributed by atoms with E-state index in [0.29, 0.717) is 11.8 Å². The number of hydrogen-bond donors (Lipinski definition) is 0. The van der Waals surface area contributed by atoms with Gasteiger partial charge < -0.3 is 9.64 Å². The minimum Gasteiger partial charge on any atom is -0.497 e. The van der Waals surface area contributed by atoms with Crippen LogP contribution < -0.4 is 4.74 Å². The molecule has 1 saturated carbocycles. The highest BCUT2D eigenvalue weighted by molar-refractivity contribution is 7.99. The highest BCUT2D eigenvalue weighted by Crippen LogP contribution is 2.30. The number of benzene rings is 1. The quantitative estimate of drug-likeness (QED) is 0.614. The molecule has 1 amide bonds. The summed E-state index contributed by atoms with van der Waals surface area (Å²) in [5.41, 5.74) is 0.985. The topological polar surface area (TPSA) is 60.3 Å². The second-order valence-corrected chi connectivity index (χ2v) is 9.15. The fourth-order valence-corrected chi connectivity index (χ4v) is 4.83. The Hall–Kier alpha value is -2.02. The van der Waals surface area contributed by atoms with E-state index in [1.807, 2.05) is 36.2 Å². The Labute approximate surface area is 178 Å². The van der Waals surface area contributed by atoms with E-state index >= 15 is 0 Å². The first kappa shape index (κ1) is 21.7. The van der Waals surface area contributed by atoms with Crippen LogP contribution in [-0.2, 0) is 4.79 Å². The van der Waals surface area contributed by atoms with Gasteiger partial charge in [-0.25, -0.2) is 0 Å². The van der Waals surface area contributed by atoms with Crippen LogP contribution in [0.15, 0.2) is 29.4 Å². The van der Waals surface area contributed by atoms with Gasteiger partial charge in [-0.3, -0.25) is 9.36 Å². The molecule has 1 fully saturated rings. The van der Waals surface area contributed by atoms with Gasteiger partial charge in [0.1, 0.15) is 5.75 Å². The second-order valence-electron chi connectivity index (χ2n) is 8.21. The molecule has 0 bridgehead atoms. The van der Waals surface area contributed by atoms with Crippen LogP contribution in [0.25, 0.3) is 11.4 Å². The molecule has 0 N–H and O–H groups in total. The molecular formula is C22H32N4O2S. The maximum absolute atomic E-state index is 12.8. The van der Waals surface area contributed by atoms with Crippen LogP contribution >= 0.6 is 11.8 Å². The van der Waals surface area contributed by atoms with Crippen molar-refractivity contribution in [1.82, 2.24) is 19.7 Å². The van der Waals surface area contributed by atoms with Crippen molar-refractivity contribution in [1.29, 1.82) is 0 Å². The van der Waals surface area contributed by atoms with Crippen LogP contribution in [0.2, 0.25) is 0 Å². The van der Waals surface area contributed by atoms with E-state index < -0.39 is 0 Å².